The number of hydrogen-bond donors (Lipinski definition) is 2. The van der Waals surface area contributed by atoms with Crippen LogP contribution >= 0.6 is 0 Å². The predicted molar refractivity (Wildman–Crippen MR) is 73.2 cm³/mol. The van der Waals surface area contributed by atoms with Crippen LogP contribution in [0.4, 0.5) is 0 Å². The molecule has 0 bridgehead atoms. The molecule has 2 aromatic carbocycles. The third-order valence-electron chi connectivity index (χ3n) is 3.13. The Morgan fingerprint density at radius 2 is 1.89 bits per heavy atom. The van der Waals surface area contributed by atoms with Crippen LogP contribution in [0.5, 0.6) is 0 Å². The van der Waals surface area contributed by atoms with Gasteiger partial charge >= 0.3 is 5.97 Å². The number of carboxylic acid groups (broad SMARTS) is 1. The molecule has 2 N–H and O–H groups in total. The summed E-state index contributed by atoms with van der Waals surface area (Å²) >= 11 is 0. The molecule has 3 rings (SSSR count). The van der Waals surface area contributed by atoms with E-state index in [9.17, 15) is 4.79 Å². The van der Waals surface area contributed by atoms with E-state index in [0.717, 1.165) is 22.2 Å². The van der Waals surface area contributed by atoms with Crippen molar-refractivity contribution in [2.45, 2.75) is 6.92 Å². The van der Waals surface area contributed by atoms with E-state index in [1.54, 1.807) is 18.2 Å². The number of carbonyl (C=O) groups is 1. The van der Waals surface area contributed by atoms with Crippen LogP contribution in [-0.4, -0.2) is 21.3 Å². The van der Waals surface area contributed by atoms with Gasteiger partial charge in [0.2, 0.25) is 0 Å². The van der Waals surface area contributed by atoms with Crippen molar-refractivity contribution >= 4 is 16.9 Å². The van der Waals surface area contributed by atoms with Gasteiger partial charge in [0.1, 0.15) is 0 Å². The number of benzene rings is 2. The maximum atomic E-state index is 11.0. The van der Waals surface area contributed by atoms with Gasteiger partial charge in [-0.3, -0.25) is 5.10 Å². The molecule has 0 aliphatic carbocycles. The summed E-state index contributed by atoms with van der Waals surface area (Å²) in [6, 6.07) is 13.0. The third kappa shape index (κ3) is 1.97. The molecule has 1 heterocycles. The Balaban J connectivity index is 2.21. The van der Waals surface area contributed by atoms with E-state index >= 15 is 0 Å². The normalized spacial score (nSPS) is 10.8. The van der Waals surface area contributed by atoms with Gasteiger partial charge in [0.25, 0.3) is 0 Å². The second kappa shape index (κ2) is 4.24. The highest BCUT2D eigenvalue weighted by Crippen LogP contribution is 2.27. The van der Waals surface area contributed by atoms with Gasteiger partial charge in [-0.15, -0.1) is 0 Å². The molecule has 0 aliphatic heterocycles. The van der Waals surface area contributed by atoms with Crippen molar-refractivity contribution in [1.29, 1.82) is 0 Å². The lowest BCUT2D eigenvalue weighted by molar-refractivity contribution is 0.0697. The van der Waals surface area contributed by atoms with Gasteiger partial charge in [-0.25, -0.2) is 4.79 Å². The Bertz CT molecular complexity index is 757. The van der Waals surface area contributed by atoms with Gasteiger partial charge in [-0.2, -0.15) is 5.10 Å². The maximum Gasteiger partial charge on any atom is 0.335 e. The van der Waals surface area contributed by atoms with Crippen LogP contribution in [0, 0.1) is 6.92 Å². The van der Waals surface area contributed by atoms with E-state index in [1.807, 2.05) is 31.2 Å². The number of nitrogens with zero attached hydrogens (tertiary/aromatic N) is 1. The first-order valence-electron chi connectivity index (χ1n) is 5.93. The molecule has 0 radical (unpaired) electrons. The lowest BCUT2D eigenvalue weighted by atomic mass is 10.0. The van der Waals surface area contributed by atoms with Gasteiger partial charge in [0, 0.05) is 10.9 Å². The number of aromatic amines is 1. The fourth-order valence-electron chi connectivity index (χ4n) is 2.08. The number of aromatic carboxylic acids is 1. The van der Waals surface area contributed by atoms with E-state index in [4.69, 9.17) is 5.11 Å². The Kier molecular flexibility index (Phi) is 2.56. The number of aromatic nitrogens is 2. The molecule has 94 valence electrons. The van der Waals surface area contributed by atoms with Gasteiger partial charge in [0.05, 0.1) is 16.8 Å². The largest absolute Gasteiger partial charge is 0.478 e. The highest BCUT2D eigenvalue weighted by atomic mass is 16.4. The Morgan fingerprint density at radius 3 is 2.58 bits per heavy atom. The van der Waals surface area contributed by atoms with E-state index in [1.165, 1.54) is 5.56 Å². The monoisotopic (exact) mass is 252 g/mol. The molecule has 0 amide bonds. The molecule has 4 nitrogen and oxygen atoms in total. The zero-order chi connectivity index (χ0) is 13.4. The topological polar surface area (TPSA) is 66.0 Å². The van der Waals surface area contributed by atoms with Gasteiger partial charge in [-0.1, -0.05) is 29.8 Å². The molecule has 0 unspecified atom stereocenters. The minimum absolute atomic E-state index is 0.266. The fourth-order valence-corrected chi connectivity index (χ4v) is 2.08. The summed E-state index contributed by atoms with van der Waals surface area (Å²) in [7, 11) is 0. The number of nitrogens with one attached hydrogen (secondary N) is 1. The van der Waals surface area contributed by atoms with Crippen molar-refractivity contribution in [1.82, 2.24) is 10.2 Å². The molecule has 0 atom stereocenters. The zero-order valence-electron chi connectivity index (χ0n) is 10.3. The van der Waals surface area contributed by atoms with E-state index in [0.29, 0.717) is 0 Å². The molecule has 4 heteroatoms. The predicted octanol–water partition coefficient (Wildman–Crippen LogP) is 3.24. The van der Waals surface area contributed by atoms with Crippen molar-refractivity contribution < 1.29 is 9.90 Å². The standard InChI is InChI=1S/C15H12N2O2/c1-9-2-4-10(5-3-9)14-12-8-11(15(18)19)6-7-13(12)16-17-14/h2-8H,1H3,(H,16,17)(H,18,19). The Hall–Kier alpha value is -2.62. The third-order valence-corrected chi connectivity index (χ3v) is 3.13. The van der Waals surface area contributed by atoms with Crippen molar-refractivity contribution in [3.8, 4) is 11.3 Å². The highest BCUT2D eigenvalue weighted by Gasteiger charge is 2.11. The smallest absolute Gasteiger partial charge is 0.335 e. The first kappa shape index (κ1) is 11.5. The first-order valence-corrected chi connectivity index (χ1v) is 5.93. The first-order chi connectivity index (χ1) is 9.15. The zero-order valence-corrected chi connectivity index (χ0v) is 10.3. The Morgan fingerprint density at radius 1 is 1.16 bits per heavy atom. The summed E-state index contributed by atoms with van der Waals surface area (Å²) in [5, 5.41) is 17.1. The molecular formula is C15H12N2O2. The van der Waals surface area contributed by atoms with Crippen LogP contribution in [0.1, 0.15) is 15.9 Å². The highest BCUT2D eigenvalue weighted by molar-refractivity contribution is 5.98. The van der Waals surface area contributed by atoms with Crippen molar-refractivity contribution in [2.75, 3.05) is 0 Å². The van der Waals surface area contributed by atoms with Crippen molar-refractivity contribution in [3.05, 3.63) is 53.6 Å². The second-order valence-corrected chi connectivity index (χ2v) is 4.50. The summed E-state index contributed by atoms with van der Waals surface area (Å²) in [5.41, 5.74) is 4.02. The number of aryl methyl sites for hydroxylation is 1. The minimum Gasteiger partial charge on any atom is -0.478 e. The molecule has 19 heavy (non-hydrogen) atoms. The molecule has 1 aromatic heterocycles. The molecule has 0 saturated heterocycles. The fraction of sp³-hybridized carbons (Fsp3) is 0.0667. The van der Waals surface area contributed by atoms with Crippen molar-refractivity contribution in [3.63, 3.8) is 0 Å². The summed E-state index contributed by atoms with van der Waals surface area (Å²) in [6.07, 6.45) is 0. The number of carboxylic acids is 1. The van der Waals surface area contributed by atoms with Gasteiger partial charge < -0.3 is 5.11 Å². The molecule has 0 aliphatic rings. The lowest BCUT2D eigenvalue weighted by Crippen LogP contribution is -1.94. The molecule has 0 spiro atoms. The van der Waals surface area contributed by atoms with E-state index in [2.05, 4.69) is 10.2 Å². The van der Waals surface area contributed by atoms with Crippen LogP contribution in [0.2, 0.25) is 0 Å². The molecule has 0 fully saturated rings. The molecular weight excluding hydrogens is 240 g/mol. The lowest BCUT2D eigenvalue weighted by Gasteiger charge is -2.00. The summed E-state index contributed by atoms with van der Waals surface area (Å²) in [6.45, 7) is 2.02. The Labute approximate surface area is 109 Å². The quantitative estimate of drug-likeness (QED) is 0.735. The van der Waals surface area contributed by atoms with E-state index in [-0.39, 0.29) is 5.56 Å². The number of rotatable bonds is 2. The average molecular weight is 252 g/mol. The summed E-state index contributed by atoms with van der Waals surface area (Å²) < 4.78 is 0. The average Bonchev–Trinajstić information content (AvgIpc) is 2.82. The summed E-state index contributed by atoms with van der Waals surface area (Å²) in [4.78, 5) is 11.0. The van der Waals surface area contributed by atoms with Gasteiger partial charge in [-0.05, 0) is 25.1 Å². The van der Waals surface area contributed by atoms with Crippen molar-refractivity contribution in [2.24, 2.45) is 0 Å². The number of hydrogen-bond acceptors (Lipinski definition) is 2. The van der Waals surface area contributed by atoms with Crippen LogP contribution in [0.15, 0.2) is 42.5 Å². The van der Waals surface area contributed by atoms with Gasteiger partial charge in [0.15, 0.2) is 0 Å². The molecule has 3 aromatic rings. The van der Waals surface area contributed by atoms with Crippen LogP contribution in [0.3, 0.4) is 0 Å². The second-order valence-electron chi connectivity index (χ2n) is 4.50. The molecule has 0 saturated carbocycles. The van der Waals surface area contributed by atoms with Crippen LogP contribution in [-0.2, 0) is 0 Å². The number of fused-ring (bicyclic) bond motifs is 1. The van der Waals surface area contributed by atoms with Crippen LogP contribution in [0.25, 0.3) is 22.2 Å². The minimum atomic E-state index is -0.932. The number of H-pyrrole nitrogens is 1. The van der Waals surface area contributed by atoms with Crippen LogP contribution < -0.4 is 0 Å². The SMILES string of the molecule is Cc1ccc(-c2n[nH]c3ccc(C(=O)O)cc23)cc1. The maximum absolute atomic E-state index is 11.0. The van der Waals surface area contributed by atoms with E-state index < -0.39 is 5.97 Å². The summed E-state index contributed by atoms with van der Waals surface area (Å²) in [5.74, 6) is -0.932.